The fourth-order valence-electron chi connectivity index (χ4n) is 3.16. The van der Waals surface area contributed by atoms with Gasteiger partial charge in [0.2, 0.25) is 5.82 Å². The normalized spacial score (nSPS) is 11.9. The number of aromatic amines is 1. The van der Waals surface area contributed by atoms with Crippen molar-refractivity contribution in [3.05, 3.63) is 82.5 Å². The first-order chi connectivity index (χ1) is 14.3. The van der Waals surface area contributed by atoms with Gasteiger partial charge in [-0.3, -0.25) is 0 Å². The average Bonchev–Trinajstić information content (AvgIpc) is 3.49. The molecule has 0 aliphatic rings. The molecule has 0 unspecified atom stereocenters. The third kappa shape index (κ3) is 4.30. The quantitative estimate of drug-likeness (QED) is 0.459. The number of aryl methyl sites for hydroxylation is 1. The van der Waals surface area contributed by atoms with E-state index in [4.69, 9.17) is 16.0 Å². The first-order valence-corrected chi connectivity index (χ1v) is 9.91. The number of rotatable bonds is 8. The van der Waals surface area contributed by atoms with E-state index >= 15 is 0 Å². The second-order valence-corrected chi connectivity index (χ2v) is 7.06. The molecule has 3 aromatic heterocycles. The summed E-state index contributed by atoms with van der Waals surface area (Å²) in [6, 6.07) is 11.6. The van der Waals surface area contributed by atoms with Gasteiger partial charge >= 0.3 is 0 Å². The molecule has 0 aliphatic heterocycles. The summed E-state index contributed by atoms with van der Waals surface area (Å²) in [6.45, 7) is 2.80. The molecule has 148 valence electrons. The van der Waals surface area contributed by atoms with E-state index < -0.39 is 0 Å². The maximum absolute atomic E-state index is 6.42. The minimum Gasteiger partial charge on any atom is -0.464 e. The number of halogens is 1. The largest absolute Gasteiger partial charge is 0.464 e. The lowest BCUT2D eigenvalue weighted by Gasteiger charge is -2.12. The lowest BCUT2D eigenvalue weighted by Crippen LogP contribution is -2.08. The van der Waals surface area contributed by atoms with Crippen LogP contribution in [0.15, 0.2) is 53.3 Å². The zero-order chi connectivity index (χ0) is 20.1. The van der Waals surface area contributed by atoms with Crippen molar-refractivity contribution in [3.8, 4) is 0 Å². The third-order valence-electron chi connectivity index (χ3n) is 4.67. The number of nitrogens with one attached hydrogen (secondary N) is 1. The molecule has 1 N–H and O–H groups in total. The first kappa shape index (κ1) is 19.1. The second-order valence-electron chi connectivity index (χ2n) is 6.65. The van der Waals surface area contributed by atoms with Crippen LogP contribution in [-0.2, 0) is 13.0 Å². The molecule has 1 aromatic carbocycles. The summed E-state index contributed by atoms with van der Waals surface area (Å²) in [5.41, 5.74) is 2.69. The van der Waals surface area contributed by atoms with Crippen LogP contribution in [0.3, 0.4) is 0 Å². The molecule has 0 saturated carbocycles. The number of aromatic nitrogens is 6. The highest BCUT2D eigenvalue weighted by Crippen LogP contribution is 2.25. The Labute approximate surface area is 173 Å². The fraction of sp³-hybridized carbons (Fsp3) is 0.238. The molecular formula is C21H21ClN6O. The zero-order valence-corrected chi connectivity index (χ0v) is 16.8. The van der Waals surface area contributed by atoms with Crippen molar-refractivity contribution in [1.82, 2.24) is 30.2 Å². The Morgan fingerprint density at radius 1 is 1.24 bits per heavy atom. The number of hydrogen-bond donors (Lipinski definition) is 1. The van der Waals surface area contributed by atoms with Crippen LogP contribution in [0.4, 0.5) is 0 Å². The number of benzene rings is 1. The van der Waals surface area contributed by atoms with Crippen molar-refractivity contribution in [2.24, 2.45) is 0 Å². The number of imidazole rings is 1. The van der Waals surface area contributed by atoms with E-state index in [0.717, 1.165) is 46.9 Å². The van der Waals surface area contributed by atoms with Gasteiger partial charge in [-0.2, -0.15) is 5.21 Å². The molecular weight excluding hydrogens is 388 g/mol. The van der Waals surface area contributed by atoms with Crippen LogP contribution in [-0.4, -0.2) is 30.2 Å². The maximum Gasteiger partial charge on any atom is 0.208 e. The summed E-state index contributed by atoms with van der Waals surface area (Å²) in [6.07, 6.45) is 8.53. The van der Waals surface area contributed by atoms with E-state index in [1.165, 1.54) is 0 Å². The number of furan rings is 1. The van der Waals surface area contributed by atoms with Crippen LogP contribution in [0, 0.1) is 0 Å². The number of unbranched alkanes of at least 4 members (excludes halogenated alkanes) is 1. The summed E-state index contributed by atoms with van der Waals surface area (Å²) in [4.78, 5) is 4.68. The van der Waals surface area contributed by atoms with Crippen LogP contribution in [0.25, 0.3) is 11.6 Å². The zero-order valence-electron chi connectivity index (χ0n) is 16.0. The molecule has 7 nitrogen and oxygen atoms in total. The maximum atomic E-state index is 6.42. The van der Waals surface area contributed by atoms with Crippen molar-refractivity contribution in [1.29, 1.82) is 0 Å². The van der Waals surface area contributed by atoms with Gasteiger partial charge in [0.25, 0.3) is 0 Å². The Hall–Kier alpha value is -3.19. The highest BCUT2D eigenvalue weighted by Gasteiger charge is 2.16. The van der Waals surface area contributed by atoms with Crippen LogP contribution in [0.5, 0.6) is 0 Å². The van der Waals surface area contributed by atoms with Gasteiger partial charge in [0.05, 0.1) is 30.3 Å². The molecule has 29 heavy (non-hydrogen) atoms. The monoisotopic (exact) mass is 408 g/mol. The predicted molar refractivity (Wildman–Crippen MR) is 111 cm³/mol. The molecule has 0 amide bonds. The fourth-order valence-corrected chi connectivity index (χ4v) is 3.36. The van der Waals surface area contributed by atoms with Crippen LogP contribution in [0.2, 0.25) is 5.02 Å². The summed E-state index contributed by atoms with van der Waals surface area (Å²) in [5, 5.41) is 15.2. The first-order valence-electron chi connectivity index (χ1n) is 9.53. The molecule has 8 heteroatoms. The van der Waals surface area contributed by atoms with E-state index in [2.05, 4.69) is 37.1 Å². The summed E-state index contributed by atoms with van der Waals surface area (Å²) >= 11 is 6.42. The van der Waals surface area contributed by atoms with Gasteiger partial charge in [-0.25, -0.2) is 4.98 Å². The highest BCUT2D eigenvalue weighted by molar-refractivity contribution is 6.31. The Bertz CT molecular complexity index is 1050. The van der Waals surface area contributed by atoms with E-state index in [0.29, 0.717) is 18.1 Å². The lowest BCUT2D eigenvalue weighted by atomic mass is 10.1. The second kappa shape index (κ2) is 8.87. The van der Waals surface area contributed by atoms with Gasteiger partial charge in [0, 0.05) is 11.4 Å². The lowest BCUT2D eigenvalue weighted by molar-refractivity contribution is 0.553. The van der Waals surface area contributed by atoms with Crippen molar-refractivity contribution in [2.75, 3.05) is 0 Å². The van der Waals surface area contributed by atoms with E-state index in [9.17, 15) is 0 Å². The van der Waals surface area contributed by atoms with Gasteiger partial charge in [0.15, 0.2) is 0 Å². The minimum atomic E-state index is 0.459. The van der Waals surface area contributed by atoms with E-state index in [1.807, 2.05) is 48.7 Å². The number of tetrazole rings is 1. The molecule has 0 fully saturated rings. The van der Waals surface area contributed by atoms with Crippen LogP contribution < -0.4 is 0 Å². The third-order valence-corrected chi connectivity index (χ3v) is 5.04. The average molecular weight is 409 g/mol. The smallest absolute Gasteiger partial charge is 0.208 e. The van der Waals surface area contributed by atoms with Gasteiger partial charge in [-0.05, 0) is 41.5 Å². The summed E-state index contributed by atoms with van der Waals surface area (Å²) in [7, 11) is 0. The minimum absolute atomic E-state index is 0.459. The molecule has 4 aromatic rings. The number of nitrogens with zero attached hydrogens (tertiary/aromatic N) is 5. The van der Waals surface area contributed by atoms with Crippen molar-refractivity contribution in [2.45, 2.75) is 32.7 Å². The molecule has 0 aliphatic carbocycles. The topological polar surface area (TPSA) is 85.4 Å². The molecule has 0 atom stereocenters. The Morgan fingerprint density at radius 2 is 2.14 bits per heavy atom. The van der Waals surface area contributed by atoms with Crippen molar-refractivity contribution < 1.29 is 4.42 Å². The summed E-state index contributed by atoms with van der Waals surface area (Å²) in [5.74, 6) is 2.14. The number of hydrogen-bond acceptors (Lipinski definition) is 5. The highest BCUT2D eigenvalue weighted by atomic mass is 35.5. The predicted octanol–water partition coefficient (Wildman–Crippen LogP) is 4.62. The molecule has 0 saturated heterocycles. The standard InChI is InChI=1S/C21H21ClN6O/c1-2-3-10-20-23-13-16(28(20)14-15-7-4-5-8-18(15)22)12-17(19-9-6-11-29-19)21-24-26-27-25-21/h4-9,11-13H,2-3,10,14H2,1H3,(H,24,25,26,27). The molecule has 0 spiro atoms. The van der Waals surface area contributed by atoms with Gasteiger partial charge < -0.3 is 8.98 Å². The van der Waals surface area contributed by atoms with Crippen molar-refractivity contribution in [3.63, 3.8) is 0 Å². The Kier molecular flexibility index (Phi) is 5.86. The van der Waals surface area contributed by atoms with Crippen molar-refractivity contribution >= 4 is 23.3 Å². The Balaban J connectivity index is 1.79. The van der Waals surface area contributed by atoms with Crippen LogP contribution in [0.1, 0.15) is 48.4 Å². The van der Waals surface area contributed by atoms with Gasteiger partial charge in [-0.15, -0.1) is 10.2 Å². The SMILES string of the molecule is CCCCc1ncc(C=C(c2nn[nH]n2)c2ccco2)n1Cc1ccccc1Cl. The van der Waals surface area contributed by atoms with Gasteiger partial charge in [-0.1, -0.05) is 43.1 Å². The van der Waals surface area contributed by atoms with Gasteiger partial charge in [0.1, 0.15) is 11.6 Å². The molecule has 4 rings (SSSR count). The molecule has 0 radical (unpaired) electrons. The number of H-pyrrole nitrogens is 1. The van der Waals surface area contributed by atoms with Crippen LogP contribution >= 0.6 is 11.6 Å². The van der Waals surface area contributed by atoms with E-state index in [-0.39, 0.29) is 0 Å². The van der Waals surface area contributed by atoms with E-state index in [1.54, 1.807) is 6.26 Å². The summed E-state index contributed by atoms with van der Waals surface area (Å²) < 4.78 is 7.78. The Morgan fingerprint density at radius 3 is 2.86 bits per heavy atom. The molecule has 3 heterocycles. The molecule has 0 bridgehead atoms.